The van der Waals surface area contributed by atoms with Crippen LogP contribution in [0.5, 0.6) is 0 Å². The Hall–Kier alpha value is -1.25. The van der Waals surface area contributed by atoms with E-state index >= 15 is 0 Å². The molecule has 0 spiro atoms. The smallest absolute Gasteiger partial charge is 0.0470 e. The highest BCUT2D eigenvalue weighted by atomic mass is 35.5. The van der Waals surface area contributed by atoms with Crippen molar-refractivity contribution >= 4 is 11.6 Å². The number of nitrogens with two attached hydrogens (primary N) is 1. The standard InChI is InChI=1S/C15H19ClN2/c1-10-4-5-14(9-15(10)16)18-11(2)8-13(6-7-17)12(18)3/h4-5,8-9H,6-7,17H2,1-3H3. The summed E-state index contributed by atoms with van der Waals surface area (Å²) in [6.07, 6.45) is 0.916. The first kappa shape index (κ1) is 13.2. The monoisotopic (exact) mass is 262 g/mol. The van der Waals surface area contributed by atoms with E-state index in [0.717, 1.165) is 22.7 Å². The van der Waals surface area contributed by atoms with Crippen molar-refractivity contribution in [1.29, 1.82) is 0 Å². The molecule has 2 rings (SSSR count). The van der Waals surface area contributed by atoms with Gasteiger partial charge in [0.2, 0.25) is 0 Å². The van der Waals surface area contributed by atoms with Crippen LogP contribution in [-0.4, -0.2) is 11.1 Å². The lowest BCUT2D eigenvalue weighted by Crippen LogP contribution is -2.04. The molecule has 18 heavy (non-hydrogen) atoms. The summed E-state index contributed by atoms with van der Waals surface area (Å²) < 4.78 is 2.23. The Labute approximate surface area is 113 Å². The molecule has 96 valence electrons. The zero-order valence-electron chi connectivity index (χ0n) is 11.1. The molecule has 0 amide bonds. The van der Waals surface area contributed by atoms with Crippen LogP contribution in [0, 0.1) is 20.8 Å². The maximum atomic E-state index is 6.20. The summed E-state index contributed by atoms with van der Waals surface area (Å²) in [5, 5.41) is 0.806. The van der Waals surface area contributed by atoms with Gasteiger partial charge in [-0.15, -0.1) is 0 Å². The van der Waals surface area contributed by atoms with Crippen molar-refractivity contribution in [3.63, 3.8) is 0 Å². The summed E-state index contributed by atoms with van der Waals surface area (Å²) in [5.41, 5.74) is 11.6. The van der Waals surface area contributed by atoms with Crippen LogP contribution in [0.2, 0.25) is 5.02 Å². The summed E-state index contributed by atoms with van der Waals surface area (Å²) >= 11 is 6.20. The van der Waals surface area contributed by atoms with Crippen LogP contribution in [0.15, 0.2) is 24.3 Å². The number of benzene rings is 1. The fourth-order valence-corrected chi connectivity index (χ4v) is 2.53. The first-order valence-electron chi connectivity index (χ1n) is 6.19. The van der Waals surface area contributed by atoms with Crippen molar-refractivity contribution in [2.24, 2.45) is 5.73 Å². The van der Waals surface area contributed by atoms with E-state index in [0.29, 0.717) is 6.54 Å². The fraction of sp³-hybridized carbons (Fsp3) is 0.333. The maximum Gasteiger partial charge on any atom is 0.0470 e. The average Bonchev–Trinajstić information content (AvgIpc) is 2.59. The Kier molecular flexibility index (Phi) is 3.79. The van der Waals surface area contributed by atoms with Gasteiger partial charge in [-0.3, -0.25) is 0 Å². The van der Waals surface area contributed by atoms with E-state index in [9.17, 15) is 0 Å². The van der Waals surface area contributed by atoms with Crippen LogP contribution in [0.25, 0.3) is 5.69 Å². The first-order chi connectivity index (χ1) is 8.54. The third-order valence-electron chi connectivity index (χ3n) is 3.36. The average molecular weight is 263 g/mol. The highest BCUT2D eigenvalue weighted by molar-refractivity contribution is 6.31. The molecule has 0 saturated carbocycles. The molecule has 1 heterocycles. The summed E-state index contributed by atoms with van der Waals surface area (Å²) in [5.74, 6) is 0. The molecule has 1 aromatic carbocycles. The molecule has 0 unspecified atom stereocenters. The SMILES string of the molecule is Cc1ccc(-n2c(C)cc(CCN)c2C)cc1Cl. The van der Waals surface area contributed by atoms with Crippen molar-refractivity contribution < 1.29 is 0 Å². The highest BCUT2D eigenvalue weighted by Gasteiger charge is 2.10. The van der Waals surface area contributed by atoms with E-state index in [-0.39, 0.29) is 0 Å². The molecule has 0 fully saturated rings. The van der Waals surface area contributed by atoms with Gasteiger partial charge in [0.15, 0.2) is 0 Å². The number of aromatic nitrogens is 1. The Bertz CT molecular complexity index is 570. The number of nitrogens with zero attached hydrogens (tertiary/aromatic N) is 1. The van der Waals surface area contributed by atoms with Gasteiger partial charge in [0.05, 0.1) is 0 Å². The van der Waals surface area contributed by atoms with E-state index < -0.39 is 0 Å². The van der Waals surface area contributed by atoms with Crippen LogP contribution >= 0.6 is 11.6 Å². The molecule has 3 heteroatoms. The number of rotatable bonds is 3. The van der Waals surface area contributed by atoms with E-state index in [2.05, 4.69) is 36.6 Å². The van der Waals surface area contributed by atoms with Crippen LogP contribution in [-0.2, 0) is 6.42 Å². The van der Waals surface area contributed by atoms with Crippen LogP contribution in [0.4, 0.5) is 0 Å². The Morgan fingerprint density at radius 2 is 1.89 bits per heavy atom. The molecule has 0 aliphatic heterocycles. The molecule has 0 atom stereocenters. The van der Waals surface area contributed by atoms with Crippen LogP contribution in [0.3, 0.4) is 0 Å². The molecular formula is C15H19ClN2. The predicted molar refractivity (Wildman–Crippen MR) is 77.7 cm³/mol. The number of hydrogen-bond acceptors (Lipinski definition) is 1. The number of aryl methyl sites for hydroxylation is 2. The van der Waals surface area contributed by atoms with E-state index in [1.54, 1.807) is 0 Å². The molecule has 1 aromatic heterocycles. The summed E-state index contributed by atoms with van der Waals surface area (Å²) in [7, 11) is 0. The lowest BCUT2D eigenvalue weighted by atomic mass is 10.2. The molecule has 0 saturated heterocycles. The third kappa shape index (κ3) is 2.31. The van der Waals surface area contributed by atoms with Crippen molar-refractivity contribution in [1.82, 2.24) is 4.57 Å². The largest absolute Gasteiger partial charge is 0.330 e. The lowest BCUT2D eigenvalue weighted by Gasteiger charge is -2.11. The molecule has 0 aliphatic rings. The Morgan fingerprint density at radius 1 is 1.17 bits per heavy atom. The molecule has 2 nitrogen and oxygen atoms in total. The van der Waals surface area contributed by atoms with Gasteiger partial charge in [-0.1, -0.05) is 17.7 Å². The minimum absolute atomic E-state index is 0.680. The minimum Gasteiger partial charge on any atom is -0.330 e. The normalized spacial score (nSPS) is 10.9. The Balaban J connectivity index is 2.53. The van der Waals surface area contributed by atoms with Gasteiger partial charge in [-0.2, -0.15) is 0 Å². The summed E-state index contributed by atoms with van der Waals surface area (Å²) in [6, 6.07) is 8.38. The molecule has 0 bridgehead atoms. The van der Waals surface area contributed by atoms with Gasteiger partial charge in [0, 0.05) is 22.1 Å². The Morgan fingerprint density at radius 3 is 2.50 bits per heavy atom. The van der Waals surface area contributed by atoms with Crippen molar-refractivity contribution in [2.45, 2.75) is 27.2 Å². The zero-order valence-corrected chi connectivity index (χ0v) is 11.9. The van der Waals surface area contributed by atoms with Crippen LogP contribution < -0.4 is 5.73 Å². The molecular weight excluding hydrogens is 244 g/mol. The second-order valence-corrected chi connectivity index (χ2v) is 5.11. The van der Waals surface area contributed by atoms with Gasteiger partial charge in [0.1, 0.15) is 0 Å². The molecule has 0 aliphatic carbocycles. The highest BCUT2D eigenvalue weighted by Crippen LogP contribution is 2.24. The topological polar surface area (TPSA) is 30.9 Å². The molecule has 2 aromatic rings. The summed E-state index contributed by atoms with van der Waals surface area (Å²) in [6.45, 7) is 6.94. The summed E-state index contributed by atoms with van der Waals surface area (Å²) in [4.78, 5) is 0. The van der Waals surface area contributed by atoms with Gasteiger partial charge < -0.3 is 10.3 Å². The zero-order chi connectivity index (χ0) is 13.3. The van der Waals surface area contributed by atoms with Crippen LogP contribution in [0.1, 0.15) is 22.5 Å². The van der Waals surface area contributed by atoms with E-state index in [4.69, 9.17) is 17.3 Å². The molecule has 0 radical (unpaired) electrons. The maximum absolute atomic E-state index is 6.20. The van der Waals surface area contributed by atoms with Crippen molar-refractivity contribution in [3.05, 3.63) is 51.8 Å². The van der Waals surface area contributed by atoms with Gasteiger partial charge >= 0.3 is 0 Å². The molecule has 2 N–H and O–H groups in total. The van der Waals surface area contributed by atoms with Crippen molar-refractivity contribution in [2.75, 3.05) is 6.54 Å². The van der Waals surface area contributed by atoms with Gasteiger partial charge in [0.25, 0.3) is 0 Å². The minimum atomic E-state index is 0.680. The lowest BCUT2D eigenvalue weighted by molar-refractivity contribution is 0.920. The van der Waals surface area contributed by atoms with Crippen molar-refractivity contribution in [3.8, 4) is 5.69 Å². The second-order valence-electron chi connectivity index (χ2n) is 4.70. The fourth-order valence-electron chi connectivity index (χ4n) is 2.36. The van der Waals surface area contributed by atoms with E-state index in [1.807, 2.05) is 13.0 Å². The predicted octanol–water partition coefficient (Wildman–Crippen LogP) is 3.56. The van der Waals surface area contributed by atoms with Gasteiger partial charge in [-0.25, -0.2) is 0 Å². The van der Waals surface area contributed by atoms with Gasteiger partial charge in [-0.05, 0) is 63.1 Å². The number of hydrogen-bond donors (Lipinski definition) is 1. The third-order valence-corrected chi connectivity index (χ3v) is 3.77. The first-order valence-corrected chi connectivity index (χ1v) is 6.56. The number of halogens is 1. The quantitative estimate of drug-likeness (QED) is 0.901. The van der Waals surface area contributed by atoms with E-state index in [1.165, 1.54) is 17.0 Å². The second kappa shape index (κ2) is 5.17.